The summed E-state index contributed by atoms with van der Waals surface area (Å²) in [6.07, 6.45) is 1.41. The van der Waals surface area contributed by atoms with Gasteiger partial charge in [0.05, 0.1) is 23.0 Å². The third kappa shape index (κ3) is 4.04. The minimum absolute atomic E-state index is 0.355. The Balaban J connectivity index is 1.70. The number of carbonyl (C=O) groups is 1. The Kier molecular flexibility index (Phi) is 5.12. The molecule has 4 nitrogen and oxygen atoms in total. The molecule has 0 spiro atoms. The number of nitrogens with zero attached hydrogens (tertiary/aromatic N) is 2. The van der Waals surface area contributed by atoms with Gasteiger partial charge in [-0.2, -0.15) is 5.10 Å². The highest BCUT2D eigenvalue weighted by atomic mass is 19.1. The van der Waals surface area contributed by atoms with Gasteiger partial charge >= 0.3 is 0 Å². The van der Waals surface area contributed by atoms with E-state index in [2.05, 4.69) is 10.5 Å². The number of benzene rings is 3. The molecule has 0 saturated carbocycles. The zero-order valence-corrected chi connectivity index (χ0v) is 15.8. The van der Waals surface area contributed by atoms with Crippen LogP contribution in [0.5, 0.6) is 0 Å². The van der Waals surface area contributed by atoms with Gasteiger partial charge in [0, 0.05) is 10.9 Å². The second-order valence-corrected chi connectivity index (χ2v) is 6.64. The Labute approximate surface area is 167 Å². The van der Waals surface area contributed by atoms with Gasteiger partial charge < -0.3 is 0 Å². The molecule has 4 aromatic rings. The minimum atomic E-state index is -0.358. The highest BCUT2D eigenvalue weighted by molar-refractivity contribution is 6.07. The van der Waals surface area contributed by atoms with Crippen LogP contribution in [-0.4, -0.2) is 17.1 Å². The van der Waals surface area contributed by atoms with E-state index in [4.69, 9.17) is 4.98 Å². The third-order valence-corrected chi connectivity index (χ3v) is 4.61. The molecule has 1 heterocycles. The number of pyridine rings is 1. The van der Waals surface area contributed by atoms with E-state index in [0.717, 1.165) is 27.7 Å². The lowest BCUT2D eigenvalue weighted by Crippen LogP contribution is -2.18. The molecule has 0 atom stereocenters. The summed E-state index contributed by atoms with van der Waals surface area (Å²) in [6.45, 7) is 2.01. The van der Waals surface area contributed by atoms with Crippen molar-refractivity contribution in [2.75, 3.05) is 0 Å². The van der Waals surface area contributed by atoms with Crippen LogP contribution in [0, 0.1) is 12.7 Å². The second kappa shape index (κ2) is 8.02. The van der Waals surface area contributed by atoms with Crippen molar-refractivity contribution in [2.45, 2.75) is 6.92 Å². The van der Waals surface area contributed by atoms with Crippen molar-refractivity contribution in [3.63, 3.8) is 0 Å². The molecule has 0 saturated heterocycles. The van der Waals surface area contributed by atoms with Crippen LogP contribution >= 0.6 is 0 Å². The predicted molar refractivity (Wildman–Crippen MR) is 113 cm³/mol. The van der Waals surface area contributed by atoms with Gasteiger partial charge in [0.15, 0.2) is 0 Å². The molecule has 1 aromatic heterocycles. The van der Waals surface area contributed by atoms with Crippen LogP contribution in [0.3, 0.4) is 0 Å². The first-order valence-electron chi connectivity index (χ1n) is 9.16. The predicted octanol–water partition coefficient (Wildman–Crippen LogP) is 5.11. The summed E-state index contributed by atoms with van der Waals surface area (Å²) in [5.74, 6) is -0.714. The van der Waals surface area contributed by atoms with Gasteiger partial charge in [-0.25, -0.2) is 14.8 Å². The number of hydrogen-bond acceptors (Lipinski definition) is 3. The first kappa shape index (κ1) is 18.5. The fraction of sp³-hybridized carbons (Fsp3) is 0.0417. The van der Waals surface area contributed by atoms with Crippen molar-refractivity contribution in [1.29, 1.82) is 0 Å². The molecule has 142 valence electrons. The van der Waals surface area contributed by atoms with Crippen molar-refractivity contribution >= 4 is 23.0 Å². The van der Waals surface area contributed by atoms with Gasteiger partial charge in [-0.15, -0.1) is 0 Å². The molecule has 0 fully saturated rings. The number of amides is 1. The zero-order valence-electron chi connectivity index (χ0n) is 15.8. The Morgan fingerprint density at radius 2 is 1.79 bits per heavy atom. The van der Waals surface area contributed by atoms with Crippen LogP contribution < -0.4 is 5.43 Å². The van der Waals surface area contributed by atoms with Gasteiger partial charge in [-0.05, 0) is 42.3 Å². The molecule has 0 unspecified atom stereocenters. The van der Waals surface area contributed by atoms with Crippen LogP contribution in [-0.2, 0) is 0 Å². The fourth-order valence-corrected chi connectivity index (χ4v) is 3.17. The lowest BCUT2D eigenvalue weighted by Gasteiger charge is -2.10. The minimum Gasteiger partial charge on any atom is -0.267 e. The highest BCUT2D eigenvalue weighted by Gasteiger charge is 2.14. The third-order valence-electron chi connectivity index (χ3n) is 4.61. The van der Waals surface area contributed by atoms with Crippen molar-refractivity contribution in [1.82, 2.24) is 10.4 Å². The van der Waals surface area contributed by atoms with Gasteiger partial charge in [0.25, 0.3) is 5.91 Å². The average Bonchev–Trinajstić information content (AvgIpc) is 2.73. The fourth-order valence-electron chi connectivity index (χ4n) is 3.17. The molecule has 1 N–H and O–H groups in total. The van der Waals surface area contributed by atoms with Crippen molar-refractivity contribution in [3.05, 3.63) is 101 Å². The second-order valence-electron chi connectivity index (χ2n) is 6.64. The Hall–Kier alpha value is -3.86. The number of aromatic nitrogens is 1. The zero-order chi connectivity index (χ0) is 20.2. The van der Waals surface area contributed by atoms with Crippen LogP contribution in [0.15, 0.2) is 84.0 Å². The topological polar surface area (TPSA) is 54.4 Å². The van der Waals surface area contributed by atoms with Gasteiger partial charge in [0.2, 0.25) is 0 Å². The number of nitrogens with one attached hydrogen (secondary N) is 1. The number of fused-ring (bicyclic) bond motifs is 1. The molecule has 3 aromatic carbocycles. The number of hydrogen-bond donors (Lipinski definition) is 1. The average molecular weight is 383 g/mol. The summed E-state index contributed by atoms with van der Waals surface area (Å²) in [5, 5.41) is 4.71. The monoisotopic (exact) mass is 383 g/mol. The number of rotatable bonds is 4. The first-order valence-corrected chi connectivity index (χ1v) is 9.16. The highest BCUT2D eigenvalue weighted by Crippen LogP contribution is 2.27. The lowest BCUT2D eigenvalue weighted by molar-refractivity contribution is 0.0956. The van der Waals surface area contributed by atoms with E-state index in [9.17, 15) is 9.18 Å². The van der Waals surface area contributed by atoms with Crippen LogP contribution in [0.4, 0.5) is 4.39 Å². The van der Waals surface area contributed by atoms with E-state index in [1.807, 2.05) is 55.5 Å². The number of para-hydroxylation sites is 1. The Morgan fingerprint density at radius 3 is 2.62 bits per heavy atom. The molecule has 4 rings (SSSR count). The summed E-state index contributed by atoms with van der Waals surface area (Å²) in [5.41, 5.74) is 7.07. The van der Waals surface area contributed by atoms with Gasteiger partial charge in [-0.1, -0.05) is 54.6 Å². The van der Waals surface area contributed by atoms with Crippen LogP contribution in [0.25, 0.3) is 22.2 Å². The molecule has 0 aliphatic rings. The van der Waals surface area contributed by atoms with E-state index < -0.39 is 0 Å². The van der Waals surface area contributed by atoms with Gasteiger partial charge in [-0.3, -0.25) is 4.79 Å². The summed E-state index contributed by atoms with van der Waals surface area (Å²) in [4.78, 5) is 17.6. The summed E-state index contributed by atoms with van der Waals surface area (Å²) in [7, 11) is 0. The molecule has 5 heteroatoms. The molecule has 29 heavy (non-hydrogen) atoms. The van der Waals surface area contributed by atoms with E-state index in [-0.39, 0.29) is 11.7 Å². The summed E-state index contributed by atoms with van der Waals surface area (Å²) < 4.78 is 13.3. The SMILES string of the molecule is Cc1ccccc1-c1cc(C(=O)N/N=C/c2cccc(F)c2)c2ccccc2n1. The normalized spacial score (nSPS) is 11.1. The van der Waals surface area contributed by atoms with E-state index in [1.165, 1.54) is 18.3 Å². The maximum atomic E-state index is 13.3. The summed E-state index contributed by atoms with van der Waals surface area (Å²) in [6, 6.07) is 23.2. The Bertz CT molecular complexity index is 1230. The molecule has 0 aliphatic heterocycles. The summed E-state index contributed by atoms with van der Waals surface area (Å²) >= 11 is 0. The number of aryl methyl sites for hydroxylation is 1. The molecular weight excluding hydrogens is 365 g/mol. The molecule has 1 amide bonds. The van der Waals surface area contributed by atoms with E-state index >= 15 is 0 Å². The van der Waals surface area contributed by atoms with Crippen LogP contribution in [0.1, 0.15) is 21.5 Å². The largest absolute Gasteiger partial charge is 0.272 e. The maximum absolute atomic E-state index is 13.3. The number of halogens is 1. The van der Waals surface area contributed by atoms with E-state index in [1.54, 1.807) is 18.2 Å². The number of hydrazone groups is 1. The number of carbonyl (C=O) groups excluding carboxylic acids is 1. The Morgan fingerprint density at radius 1 is 1.00 bits per heavy atom. The van der Waals surface area contributed by atoms with Crippen LogP contribution in [0.2, 0.25) is 0 Å². The van der Waals surface area contributed by atoms with Crippen molar-refractivity contribution in [2.24, 2.45) is 5.10 Å². The first-order chi connectivity index (χ1) is 14.1. The smallest absolute Gasteiger partial charge is 0.267 e. The molecule has 0 bridgehead atoms. The standard InChI is InChI=1S/C24H18FN3O/c1-16-7-2-3-10-19(16)23-14-21(20-11-4-5-12-22(20)27-23)24(29)28-26-15-17-8-6-9-18(25)13-17/h2-15H,1H3,(H,28,29)/b26-15+. The van der Waals surface area contributed by atoms with Crippen molar-refractivity contribution in [3.8, 4) is 11.3 Å². The molecule has 0 aliphatic carbocycles. The lowest BCUT2D eigenvalue weighted by atomic mass is 10.0. The quantitative estimate of drug-likeness (QED) is 0.393. The maximum Gasteiger partial charge on any atom is 0.272 e. The molecular formula is C24H18FN3O. The van der Waals surface area contributed by atoms with Crippen molar-refractivity contribution < 1.29 is 9.18 Å². The van der Waals surface area contributed by atoms with Gasteiger partial charge in [0.1, 0.15) is 5.82 Å². The molecule has 0 radical (unpaired) electrons. The van der Waals surface area contributed by atoms with E-state index in [0.29, 0.717) is 11.1 Å².